The molecular formula is C57H66N4. The molecule has 4 heteroatoms. The fraction of sp³-hybridized carbons (Fsp3) is 0.333. The summed E-state index contributed by atoms with van der Waals surface area (Å²) < 4.78 is 0. The van der Waals surface area contributed by atoms with Crippen LogP contribution >= 0.6 is 0 Å². The van der Waals surface area contributed by atoms with Crippen LogP contribution in [-0.2, 0) is 21.7 Å². The van der Waals surface area contributed by atoms with Crippen LogP contribution in [0.25, 0.3) is 22.8 Å². The normalized spacial score (nSPS) is 13.9. The minimum atomic E-state index is -0.0270. The Labute approximate surface area is 363 Å². The van der Waals surface area contributed by atoms with Gasteiger partial charge >= 0.3 is 0 Å². The Bertz CT molecular complexity index is 2990. The number of aromatic nitrogens is 4. The van der Waals surface area contributed by atoms with Gasteiger partial charge in [-0.2, -0.15) is 0 Å². The van der Waals surface area contributed by atoms with E-state index in [1.54, 1.807) is 0 Å². The van der Waals surface area contributed by atoms with E-state index in [2.05, 4.69) is 227 Å². The lowest BCUT2D eigenvalue weighted by Gasteiger charge is -2.26. The van der Waals surface area contributed by atoms with E-state index in [1.807, 2.05) is 0 Å². The predicted molar refractivity (Wildman–Crippen MR) is 258 cm³/mol. The van der Waals surface area contributed by atoms with Gasteiger partial charge in [-0.25, -0.2) is 0 Å². The summed E-state index contributed by atoms with van der Waals surface area (Å²) in [6.45, 7) is 34.4. The summed E-state index contributed by atoms with van der Waals surface area (Å²) in [6, 6.07) is 37.0. The molecule has 0 spiro atoms. The number of fused-ring (bicyclic) bond motifs is 8. The summed E-state index contributed by atoms with van der Waals surface area (Å²) >= 11 is 0. The molecule has 1 aliphatic rings. The monoisotopic (exact) mass is 807 g/mol. The number of hydrogen-bond donors (Lipinski definition) is 4. The molecule has 0 saturated heterocycles. The third-order valence-electron chi connectivity index (χ3n) is 12.6. The Hall–Kier alpha value is -5.74. The maximum absolute atomic E-state index is 4.03. The first-order chi connectivity index (χ1) is 28.4. The lowest BCUT2D eigenvalue weighted by atomic mass is 9.78. The molecule has 0 atom stereocenters. The molecule has 8 rings (SSSR count). The zero-order valence-corrected chi connectivity index (χ0v) is 39.3. The topological polar surface area (TPSA) is 63.2 Å². The summed E-state index contributed by atoms with van der Waals surface area (Å²) in [5.41, 5.74) is 20.3. The van der Waals surface area contributed by atoms with Crippen LogP contribution in [0.15, 0.2) is 97.1 Å². The van der Waals surface area contributed by atoms with E-state index in [0.29, 0.717) is 0 Å². The van der Waals surface area contributed by atoms with Crippen LogP contribution in [-0.4, -0.2) is 19.9 Å². The number of aryl methyl sites for hydroxylation is 3. The Morgan fingerprint density at radius 1 is 0.361 bits per heavy atom. The summed E-state index contributed by atoms with van der Waals surface area (Å²) in [4.78, 5) is 15.8. The standard InChI is InChI=1S/C57H66N4/c1-33-24-34(2)50(35(3)25-33)53-48-22-20-46(60-48)51(36-26-38(54(4,5)6)30-39(27-36)55(7,8)9)44-18-16-42(58-44)32-43-17-19-45(59-43)52(47-21-23-49(53)61-47)37-28-40(56(10,11)12)31-41(29-37)57(13,14)15/h16-32,58-61H,1-15H3. The van der Waals surface area contributed by atoms with E-state index < -0.39 is 0 Å². The molecule has 4 N–H and O–H groups in total. The van der Waals surface area contributed by atoms with Crippen molar-refractivity contribution in [1.29, 1.82) is 0 Å². The predicted octanol–water partition coefficient (Wildman–Crippen LogP) is 11.0. The SMILES string of the molecule is Cc1cc(C)c(C2=c3ccc([nH]3)=C(c3cc(C(C)(C)C)cc(C(C)(C)C)c3)c3ccc([nH]3)C=c3ccc([nH]3)=C(c3cc(C(C)(C)C)cc(C(C)(C)C)c3)c3ccc2[nH]3)c(C)c1. The molecule has 0 amide bonds. The third-order valence-corrected chi connectivity index (χ3v) is 12.6. The Balaban J connectivity index is 1.51. The number of H-pyrrole nitrogens is 4. The number of hydrogen-bond acceptors (Lipinski definition) is 0. The van der Waals surface area contributed by atoms with Crippen LogP contribution in [0.1, 0.15) is 161 Å². The van der Waals surface area contributed by atoms with Gasteiger partial charge in [-0.3, -0.25) is 0 Å². The van der Waals surface area contributed by atoms with Crippen molar-refractivity contribution < 1.29 is 0 Å². The van der Waals surface area contributed by atoms with Gasteiger partial charge in [0, 0.05) is 60.9 Å². The van der Waals surface area contributed by atoms with Gasteiger partial charge in [0.2, 0.25) is 0 Å². The van der Waals surface area contributed by atoms with Crippen molar-refractivity contribution in [2.45, 2.75) is 126 Å². The van der Waals surface area contributed by atoms with Crippen LogP contribution in [0.3, 0.4) is 0 Å². The summed E-state index contributed by atoms with van der Waals surface area (Å²) in [5, 5.41) is 4.24. The molecule has 314 valence electrons. The smallest absolute Gasteiger partial charge is 0.0486 e. The van der Waals surface area contributed by atoms with Crippen LogP contribution in [0.5, 0.6) is 0 Å². The Morgan fingerprint density at radius 3 is 1.23 bits per heavy atom. The highest BCUT2D eigenvalue weighted by Gasteiger charge is 2.26. The van der Waals surface area contributed by atoms with E-state index in [9.17, 15) is 0 Å². The molecule has 0 radical (unpaired) electrons. The summed E-state index contributed by atoms with van der Waals surface area (Å²) in [5.74, 6) is 0. The van der Waals surface area contributed by atoms with E-state index in [4.69, 9.17) is 0 Å². The second kappa shape index (κ2) is 14.7. The molecule has 0 fully saturated rings. The molecule has 0 saturated carbocycles. The highest BCUT2D eigenvalue weighted by atomic mass is 14.8. The van der Waals surface area contributed by atoms with Gasteiger partial charge in [0.1, 0.15) is 0 Å². The van der Waals surface area contributed by atoms with E-state index in [0.717, 1.165) is 60.9 Å². The maximum atomic E-state index is 4.03. The van der Waals surface area contributed by atoms with Gasteiger partial charge in [0.15, 0.2) is 0 Å². The highest BCUT2D eigenvalue weighted by molar-refractivity contribution is 5.85. The van der Waals surface area contributed by atoms with Crippen molar-refractivity contribution >= 4 is 22.8 Å². The maximum Gasteiger partial charge on any atom is 0.0486 e. The minimum absolute atomic E-state index is 0.0270. The zero-order valence-electron chi connectivity index (χ0n) is 39.3. The Morgan fingerprint density at radius 2 is 0.754 bits per heavy atom. The summed E-state index contributed by atoms with van der Waals surface area (Å²) in [7, 11) is 0. The second-order valence-electron chi connectivity index (χ2n) is 21.9. The number of rotatable bonds is 3. The van der Waals surface area contributed by atoms with Crippen molar-refractivity contribution in [3.63, 3.8) is 0 Å². The van der Waals surface area contributed by atoms with Gasteiger partial charge in [-0.1, -0.05) is 137 Å². The van der Waals surface area contributed by atoms with Crippen molar-refractivity contribution in [3.8, 4) is 0 Å². The van der Waals surface area contributed by atoms with Crippen LogP contribution < -0.4 is 21.4 Å². The second-order valence-corrected chi connectivity index (χ2v) is 21.9. The molecule has 0 unspecified atom stereocenters. The lowest BCUT2D eigenvalue weighted by Crippen LogP contribution is -2.20. The molecule has 61 heavy (non-hydrogen) atoms. The van der Waals surface area contributed by atoms with Crippen LogP contribution in [0.4, 0.5) is 0 Å². The molecular weight excluding hydrogens is 741 g/mol. The first kappa shape index (κ1) is 42.0. The van der Waals surface area contributed by atoms with E-state index in [-0.39, 0.29) is 21.7 Å². The van der Waals surface area contributed by atoms with Gasteiger partial charge < -0.3 is 19.9 Å². The van der Waals surface area contributed by atoms with E-state index in [1.165, 1.54) is 55.6 Å². The molecule has 3 aromatic carbocycles. The molecule has 7 aromatic rings. The zero-order chi connectivity index (χ0) is 44.0. The van der Waals surface area contributed by atoms with Crippen molar-refractivity contribution in [1.82, 2.24) is 19.9 Å². The lowest BCUT2D eigenvalue weighted by molar-refractivity contribution is 0.567. The molecule has 1 aliphatic heterocycles. The third kappa shape index (κ3) is 8.22. The van der Waals surface area contributed by atoms with Crippen molar-refractivity contribution in [3.05, 3.63) is 197 Å². The van der Waals surface area contributed by atoms with Gasteiger partial charge in [-0.05, 0) is 147 Å². The number of benzene rings is 3. The molecule has 5 heterocycles. The first-order valence-corrected chi connectivity index (χ1v) is 22.1. The van der Waals surface area contributed by atoms with Gasteiger partial charge in [0.25, 0.3) is 0 Å². The quantitative estimate of drug-likeness (QED) is 0.137. The van der Waals surface area contributed by atoms with Crippen LogP contribution in [0, 0.1) is 20.8 Å². The number of nitrogens with one attached hydrogen (secondary N) is 4. The van der Waals surface area contributed by atoms with Crippen molar-refractivity contribution in [2.75, 3.05) is 0 Å². The Kier molecular flexibility index (Phi) is 10.1. The average Bonchev–Trinajstić information content (AvgIpc) is 3.98. The largest absolute Gasteiger partial charge is 0.355 e. The van der Waals surface area contributed by atoms with Crippen molar-refractivity contribution in [2.24, 2.45) is 0 Å². The van der Waals surface area contributed by atoms with Crippen LogP contribution in [0.2, 0.25) is 0 Å². The van der Waals surface area contributed by atoms with Gasteiger partial charge in [-0.15, -0.1) is 0 Å². The fourth-order valence-electron chi connectivity index (χ4n) is 9.00. The molecule has 4 nitrogen and oxygen atoms in total. The molecule has 4 aromatic heterocycles. The van der Waals surface area contributed by atoms with Gasteiger partial charge in [0.05, 0.1) is 0 Å². The molecule has 0 aliphatic carbocycles. The summed E-state index contributed by atoms with van der Waals surface area (Å²) in [6.07, 6.45) is 2.22. The molecule has 8 bridgehead atoms. The van der Waals surface area contributed by atoms with E-state index >= 15 is 0 Å². The average molecular weight is 807 g/mol. The minimum Gasteiger partial charge on any atom is -0.355 e. The highest BCUT2D eigenvalue weighted by Crippen LogP contribution is 2.36. The number of aromatic amines is 4. The first-order valence-electron chi connectivity index (χ1n) is 22.1. The fourth-order valence-corrected chi connectivity index (χ4v) is 9.00.